The van der Waals surface area contributed by atoms with E-state index in [1.807, 2.05) is 57.2 Å². The standard InChI is InChI=1S/C24H26BrN5O4/c1-5-33-18-10-8-7-9-17(18)29-23(31)20-14(3)28-24-26-13-27-30(24)21(20)15-11-16(25)22(32-4)19(12-15)34-6-2/h7-13,21H,5-6H2,1-4H3,(H,29,31)(H,26,27,28). The van der Waals surface area contributed by atoms with Gasteiger partial charge in [-0.2, -0.15) is 10.1 Å². The van der Waals surface area contributed by atoms with Crippen LogP contribution < -0.4 is 24.8 Å². The average molecular weight is 528 g/mol. The van der Waals surface area contributed by atoms with Crippen LogP contribution in [0.1, 0.15) is 32.4 Å². The van der Waals surface area contributed by atoms with Gasteiger partial charge in [-0.1, -0.05) is 12.1 Å². The number of carbonyl (C=O) groups excluding carboxylic acids is 1. The molecule has 2 heterocycles. The Labute approximate surface area is 206 Å². The lowest BCUT2D eigenvalue weighted by molar-refractivity contribution is -0.113. The van der Waals surface area contributed by atoms with E-state index in [2.05, 4.69) is 36.6 Å². The Morgan fingerprint density at radius 1 is 1.18 bits per heavy atom. The van der Waals surface area contributed by atoms with Crippen LogP contribution in [0, 0.1) is 0 Å². The van der Waals surface area contributed by atoms with Crippen LogP contribution in [-0.2, 0) is 4.79 Å². The van der Waals surface area contributed by atoms with E-state index in [1.54, 1.807) is 11.8 Å². The molecule has 10 heteroatoms. The summed E-state index contributed by atoms with van der Waals surface area (Å²) in [5, 5.41) is 10.6. The van der Waals surface area contributed by atoms with E-state index in [0.717, 1.165) is 5.56 Å². The number of ether oxygens (including phenoxy) is 3. The molecular formula is C24H26BrN5O4. The van der Waals surface area contributed by atoms with Crippen LogP contribution in [0.15, 0.2) is 58.5 Å². The monoisotopic (exact) mass is 527 g/mol. The molecule has 1 atom stereocenters. The Kier molecular flexibility index (Phi) is 7.06. The Balaban J connectivity index is 1.80. The lowest BCUT2D eigenvalue weighted by Crippen LogP contribution is -2.31. The number of hydrogen-bond acceptors (Lipinski definition) is 7. The van der Waals surface area contributed by atoms with Crippen molar-refractivity contribution in [3.8, 4) is 17.2 Å². The quantitative estimate of drug-likeness (QED) is 0.435. The minimum absolute atomic E-state index is 0.284. The fourth-order valence-corrected chi connectivity index (χ4v) is 4.56. The van der Waals surface area contributed by atoms with E-state index in [-0.39, 0.29) is 5.91 Å². The van der Waals surface area contributed by atoms with Crippen LogP contribution in [-0.4, -0.2) is 41.0 Å². The van der Waals surface area contributed by atoms with E-state index in [0.29, 0.717) is 57.8 Å². The van der Waals surface area contributed by atoms with Gasteiger partial charge in [-0.25, -0.2) is 4.68 Å². The van der Waals surface area contributed by atoms with Gasteiger partial charge in [-0.05, 0) is 66.5 Å². The molecule has 1 aliphatic heterocycles. The van der Waals surface area contributed by atoms with Gasteiger partial charge in [0, 0.05) is 5.70 Å². The third-order valence-corrected chi connectivity index (χ3v) is 5.91. The summed E-state index contributed by atoms with van der Waals surface area (Å²) in [7, 11) is 1.58. The number of para-hydroxylation sites is 2. The van der Waals surface area contributed by atoms with Crippen LogP contribution in [0.4, 0.5) is 11.6 Å². The number of nitrogens with one attached hydrogen (secondary N) is 2. The highest BCUT2D eigenvalue weighted by Gasteiger charge is 2.34. The summed E-state index contributed by atoms with van der Waals surface area (Å²) in [6.45, 7) is 6.59. The molecule has 178 valence electrons. The molecule has 1 unspecified atom stereocenters. The van der Waals surface area contributed by atoms with E-state index < -0.39 is 6.04 Å². The van der Waals surface area contributed by atoms with Gasteiger partial charge < -0.3 is 24.8 Å². The number of aromatic nitrogens is 3. The number of benzene rings is 2. The SMILES string of the molecule is CCOc1ccccc1NC(=O)C1=C(C)Nc2ncnn2C1c1cc(Br)c(OC)c(OCC)c1. The zero-order valence-electron chi connectivity index (χ0n) is 19.4. The van der Waals surface area contributed by atoms with Gasteiger partial charge in [0.05, 0.1) is 36.1 Å². The third-order valence-electron chi connectivity index (χ3n) is 5.33. The second-order valence-electron chi connectivity index (χ2n) is 7.44. The summed E-state index contributed by atoms with van der Waals surface area (Å²) in [5.74, 6) is 2.00. The lowest BCUT2D eigenvalue weighted by Gasteiger charge is -2.29. The number of hydrogen-bond donors (Lipinski definition) is 2. The second-order valence-corrected chi connectivity index (χ2v) is 8.30. The minimum atomic E-state index is -0.556. The molecule has 9 nitrogen and oxygen atoms in total. The zero-order valence-corrected chi connectivity index (χ0v) is 21.0. The van der Waals surface area contributed by atoms with Crippen molar-refractivity contribution in [1.82, 2.24) is 14.8 Å². The molecule has 0 bridgehead atoms. The predicted octanol–water partition coefficient (Wildman–Crippen LogP) is 4.77. The van der Waals surface area contributed by atoms with Crippen LogP contribution in [0.3, 0.4) is 0 Å². The van der Waals surface area contributed by atoms with E-state index in [9.17, 15) is 4.79 Å². The van der Waals surface area contributed by atoms with E-state index >= 15 is 0 Å². The van der Waals surface area contributed by atoms with Crippen molar-refractivity contribution < 1.29 is 19.0 Å². The van der Waals surface area contributed by atoms with Gasteiger partial charge in [-0.15, -0.1) is 0 Å². The van der Waals surface area contributed by atoms with Crippen LogP contribution in [0.2, 0.25) is 0 Å². The number of carbonyl (C=O) groups is 1. The molecule has 2 N–H and O–H groups in total. The maximum absolute atomic E-state index is 13.7. The Hall–Kier alpha value is -3.53. The molecule has 1 aromatic heterocycles. The average Bonchev–Trinajstić information content (AvgIpc) is 3.27. The molecular weight excluding hydrogens is 502 g/mol. The molecule has 0 radical (unpaired) electrons. The van der Waals surface area contributed by atoms with Gasteiger partial charge >= 0.3 is 0 Å². The molecule has 0 spiro atoms. The first-order valence-electron chi connectivity index (χ1n) is 10.9. The number of fused-ring (bicyclic) bond motifs is 1. The summed E-state index contributed by atoms with van der Waals surface area (Å²) in [6, 6.07) is 10.5. The van der Waals surface area contributed by atoms with Gasteiger partial charge in [0.15, 0.2) is 11.5 Å². The van der Waals surface area contributed by atoms with E-state index in [1.165, 1.54) is 6.33 Å². The smallest absolute Gasteiger partial charge is 0.255 e. The Bertz CT molecular complexity index is 1240. The highest BCUT2D eigenvalue weighted by molar-refractivity contribution is 9.10. The van der Waals surface area contributed by atoms with Crippen molar-refractivity contribution in [3.05, 3.63) is 64.0 Å². The minimum Gasteiger partial charge on any atom is -0.492 e. The molecule has 0 fully saturated rings. The largest absolute Gasteiger partial charge is 0.492 e. The summed E-state index contributed by atoms with van der Waals surface area (Å²) >= 11 is 3.58. The third kappa shape index (κ3) is 4.45. The van der Waals surface area contributed by atoms with Gasteiger partial charge in [0.25, 0.3) is 5.91 Å². The first-order valence-corrected chi connectivity index (χ1v) is 11.7. The molecule has 0 aliphatic carbocycles. The highest BCUT2D eigenvalue weighted by Crippen LogP contribution is 2.42. The van der Waals surface area contributed by atoms with Crippen molar-refractivity contribution in [2.45, 2.75) is 26.8 Å². The molecule has 1 aliphatic rings. The second kappa shape index (κ2) is 10.2. The molecule has 0 saturated carbocycles. The first kappa shape index (κ1) is 23.6. The zero-order chi connectivity index (χ0) is 24.2. The summed E-state index contributed by atoms with van der Waals surface area (Å²) < 4.78 is 19.4. The van der Waals surface area contributed by atoms with Crippen LogP contribution in [0.5, 0.6) is 17.2 Å². The molecule has 2 aromatic carbocycles. The van der Waals surface area contributed by atoms with Gasteiger partial charge in [0.2, 0.25) is 5.95 Å². The highest BCUT2D eigenvalue weighted by atomic mass is 79.9. The topological polar surface area (TPSA) is 99.5 Å². The lowest BCUT2D eigenvalue weighted by atomic mass is 9.94. The molecule has 3 aromatic rings. The first-order chi connectivity index (χ1) is 16.5. The number of methoxy groups -OCH3 is 1. The Morgan fingerprint density at radius 2 is 1.91 bits per heavy atom. The number of halogens is 1. The number of nitrogens with zero attached hydrogens (tertiary/aromatic N) is 3. The predicted molar refractivity (Wildman–Crippen MR) is 133 cm³/mol. The number of amides is 1. The maximum atomic E-state index is 13.7. The molecule has 0 saturated heterocycles. The van der Waals surface area contributed by atoms with Crippen LogP contribution >= 0.6 is 15.9 Å². The summed E-state index contributed by atoms with van der Waals surface area (Å²) in [6.07, 6.45) is 1.45. The van der Waals surface area contributed by atoms with Crippen molar-refractivity contribution in [3.63, 3.8) is 0 Å². The molecule has 1 amide bonds. The van der Waals surface area contributed by atoms with Crippen molar-refractivity contribution >= 4 is 33.5 Å². The summed E-state index contributed by atoms with van der Waals surface area (Å²) in [5.41, 5.74) is 2.53. The van der Waals surface area contributed by atoms with E-state index in [4.69, 9.17) is 14.2 Å². The normalized spacial score (nSPS) is 14.8. The van der Waals surface area contributed by atoms with Gasteiger partial charge in [-0.3, -0.25) is 4.79 Å². The number of anilines is 2. The van der Waals surface area contributed by atoms with Crippen molar-refractivity contribution in [2.75, 3.05) is 31.0 Å². The summed E-state index contributed by atoms with van der Waals surface area (Å²) in [4.78, 5) is 18.0. The molecule has 34 heavy (non-hydrogen) atoms. The maximum Gasteiger partial charge on any atom is 0.255 e. The van der Waals surface area contributed by atoms with Crippen molar-refractivity contribution in [1.29, 1.82) is 0 Å². The van der Waals surface area contributed by atoms with Crippen molar-refractivity contribution in [2.24, 2.45) is 0 Å². The van der Waals surface area contributed by atoms with Crippen LogP contribution in [0.25, 0.3) is 0 Å². The Morgan fingerprint density at radius 3 is 2.65 bits per heavy atom. The molecule has 4 rings (SSSR count). The number of allylic oxidation sites excluding steroid dienone is 1. The fourth-order valence-electron chi connectivity index (χ4n) is 3.94. The van der Waals surface area contributed by atoms with Gasteiger partial charge in [0.1, 0.15) is 18.1 Å². The number of rotatable bonds is 8. The fraction of sp³-hybridized carbons (Fsp3) is 0.292.